The van der Waals surface area contributed by atoms with Crippen molar-refractivity contribution in [3.63, 3.8) is 0 Å². The van der Waals surface area contributed by atoms with Crippen LogP contribution in [0.2, 0.25) is 5.02 Å². The minimum Gasteiger partial charge on any atom is -0.485 e. The van der Waals surface area contributed by atoms with Crippen molar-refractivity contribution in [3.05, 3.63) is 58.9 Å². The fraction of sp³-hybridized carbons (Fsp3) is 0.353. The molecule has 21 heavy (non-hydrogen) atoms. The summed E-state index contributed by atoms with van der Waals surface area (Å²) in [6.45, 7) is 3.15. The predicted molar refractivity (Wildman–Crippen MR) is 84.7 cm³/mol. The van der Waals surface area contributed by atoms with Gasteiger partial charge < -0.3 is 10.1 Å². The number of ether oxygens (including phenoxy) is 1. The van der Waals surface area contributed by atoms with Crippen LogP contribution >= 0.6 is 11.6 Å². The lowest BCUT2D eigenvalue weighted by atomic mass is 9.93. The number of halogens is 1. The normalized spacial score (nSPS) is 20.7. The van der Waals surface area contributed by atoms with Crippen LogP contribution in [0.3, 0.4) is 0 Å². The van der Waals surface area contributed by atoms with Gasteiger partial charge in [0, 0.05) is 41.0 Å². The van der Waals surface area contributed by atoms with Gasteiger partial charge in [-0.25, -0.2) is 0 Å². The van der Waals surface area contributed by atoms with Crippen LogP contribution < -0.4 is 10.1 Å². The lowest BCUT2D eigenvalue weighted by molar-refractivity contribution is 0.151. The van der Waals surface area contributed by atoms with E-state index >= 15 is 0 Å². The Hall–Kier alpha value is -1.58. The van der Waals surface area contributed by atoms with E-state index in [9.17, 15) is 0 Å². The minimum atomic E-state index is 0.0294. The third kappa shape index (κ3) is 3.20. The molecule has 3 rings (SSSR count). The highest BCUT2D eigenvalue weighted by atomic mass is 35.5. The fourth-order valence-electron chi connectivity index (χ4n) is 2.72. The van der Waals surface area contributed by atoms with Crippen LogP contribution in [-0.2, 0) is 0 Å². The molecule has 1 aromatic carbocycles. The second kappa shape index (κ2) is 6.46. The molecule has 4 heteroatoms. The standard InChI is InChI=1S/C17H19ClN2O/c1-2-7-20-15-10-17(12-4-3-8-19-11-12)21-16-6-5-13(18)9-14(15)16/h3-6,8-9,11,15,17,20H,2,7,10H2,1H3. The van der Waals surface area contributed by atoms with E-state index in [4.69, 9.17) is 16.3 Å². The molecule has 0 radical (unpaired) electrons. The van der Waals surface area contributed by atoms with Gasteiger partial charge in [-0.2, -0.15) is 0 Å². The number of nitrogens with zero attached hydrogens (tertiary/aromatic N) is 1. The van der Waals surface area contributed by atoms with Crippen molar-refractivity contribution in [3.8, 4) is 5.75 Å². The Morgan fingerprint density at radius 3 is 3.05 bits per heavy atom. The molecule has 2 atom stereocenters. The second-order valence-electron chi connectivity index (χ2n) is 5.32. The van der Waals surface area contributed by atoms with Crippen LogP contribution in [0.5, 0.6) is 5.75 Å². The maximum atomic E-state index is 6.14. The number of rotatable bonds is 4. The second-order valence-corrected chi connectivity index (χ2v) is 5.75. The first kappa shape index (κ1) is 14.4. The lowest BCUT2D eigenvalue weighted by Crippen LogP contribution is -2.29. The Kier molecular flexibility index (Phi) is 4.42. The Labute approximate surface area is 130 Å². The van der Waals surface area contributed by atoms with E-state index in [1.165, 1.54) is 0 Å². The molecule has 0 fully saturated rings. The number of pyridine rings is 1. The van der Waals surface area contributed by atoms with E-state index in [2.05, 4.69) is 23.3 Å². The predicted octanol–water partition coefficient (Wildman–Crippen LogP) is 4.30. The SMILES string of the molecule is CCCNC1CC(c2cccnc2)Oc2ccc(Cl)cc21. The summed E-state index contributed by atoms with van der Waals surface area (Å²) in [5, 5.41) is 4.35. The maximum absolute atomic E-state index is 6.14. The largest absolute Gasteiger partial charge is 0.485 e. The first-order chi connectivity index (χ1) is 10.3. The van der Waals surface area contributed by atoms with Gasteiger partial charge in [-0.3, -0.25) is 4.98 Å². The zero-order valence-corrected chi connectivity index (χ0v) is 12.8. The zero-order valence-electron chi connectivity index (χ0n) is 12.1. The number of aromatic nitrogens is 1. The number of benzene rings is 1. The average Bonchev–Trinajstić information content (AvgIpc) is 2.53. The summed E-state index contributed by atoms with van der Waals surface area (Å²) in [6, 6.07) is 10.1. The van der Waals surface area contributed by atoms with Crippen LogP contribution in [0, 0.1) is 0 Å². The molecule has 2 aromatic rings. The first-order valence-electron chi connectivity index (χ1n) is 7.37. The lowest BCUT2D eigenvalue weighted by Gasteiger charge is -2.33. The van der Waals surface area contributed by atoms with Crippen LogP contribution in [0.4, 0.5) is 0 Å². The summed E-state index contributed by atoms with van der Waals surface area (Å²) in [5.41, 5.74) is 2.26. The topological polar surface area (TPSA) is 34.2 Å². The minimum absolute atomic E-state index is 0.0294. The summed E-state index contributed by atoms with van der Waals surface area (Å²) >= 11 is 6.14. The number of nitrogens with one attached hydrogen (secondary N) is 1. The van der Waals surface area contributed by atoms with Crippen molar-refractivity contribution >= 4 is 11.6 Å². The highest BCUT2D eigenvalue weighted by Crippen LogP contribution is 2.41. The molecule has 0 saturated carbocycles. The van der Waals surface area contributed by atoms with Crippen LogP contribution in [-0.4, -0.2) is 11.5 Å². The zero-order chi connectivity index (χ0) is 14.7. The molecule has 2 heterocycles. The molecule has 0 aliphatic carbocycles. The van der Waals surface area contributed by atoms with Crippen molar-refractivity contribution in [1.82, 2.24) is 10.3 Å². The Morgan fingerprint density at radius 1 is 1.38 bits per heavy atom. The van der Waals surface area contributed by atoms with Gasteiger partial charge in [0.05, 0.1) is 0 Å². The molecule has 1 aromatic heterocycles. The van der Waals surface area contributed by atoms with Crippen LogP contribution in [0.1, 0.15) is 43.0 Å². The van der Waals surface area contributed by atoms with Crippen molar-refractivity contribution in [2.24, 2.45) is 0 Å². The highest BCUT2D eigenvalue weighted by Gasteiger charge is 2.29. The van der Waals surface area contributed by atoms with Gasteiger partial charge in [0.25, 0.3) is 0 Å². The molecule has 3 nitrogen and oxygen atoms in total. The first-order valence-corrected chi connectivity index (χ1v) is 7.75. The molecule has 1 aliphatic heterocycles. The third-order valence-corrected chi connectivity index (χ3v) is 4.00. The number of fused-ring (bicyclic) bond motifs is 1. The van der Waals surface area contributed by atoms with Gasteiger partial charge in [-0.15, -0.1) is 0 Å². The average molecular weight is 303 g/mol. The molecule has 0 amide bonds. The van der Waals surface area contributed by atoms with Crippen molar-refractivity contribution in [2.75, 3.05) is 6.54 Å². The molecule has 0 spiro atoms. The van der Waals surface area contributed by atoms with E-state index in [0.29, 0.717) is 0 Å². The molecular formula is C17H19ClN2O. The van der Waals surface area contributed by atoms with Gasteiger partial charge >= 0.3 is 0 Å². The van der Waals surface area contributed by atoms with E-state index in [1.807, 2.05) is 30.5 Å². The quantitative estimate of drug-likeness (QED) is 0.914. The smallest absolute Gasteiger partial charge is 0.127 e. The van der Waals surface area contributed by atoms with E-state index in [0.717, 1.165) is 41.3 Å². The van der Waals surface area contributed by atoms with Gasteiger partial charge in [0.1, 0.15) is 11.9 Å². The van der Waals surface area contributed by atoms with Gasteiger partial charge in [0.2, 0.25) is 0 Å². The Balaban J connectivity index is 1.91. The monoisotopic (exact) mass is 302 g/mol. The van der Waals surface area contributed by atoms with E-state index in [-0.39, 0.29) is 12.1 Å². The van der Waals surface area contributed by atoms with Gasteiger partial charge in [-0.1, -0.05) is 24.6 Å². The summed E-state index contributed by atoms with van der Waals surface area (Å²) < 4.78 is 6.14. The molecule has 1 aliphatic rings. The fourth-order valence-corrected chi connectivity index (χ4v) is 2.90. The van der Waals surface area contributed by atoms with Crippen LogP contribution in [0.15, 0.2) is 42.7 Å². The Bertz CT molecular complexity index is 603. The molecule has 0 saturated heterocycles. The number of hydrogen-bond donors (Lipinski definition) is 1. The molecule has 110 valence electrons. The number of hydrogen-bond acceptors (Lipinski definition) is 3. The van der Waals surface area contributed by atoms with Crippen LogP contribution in [0.25, 0.3) is 0 Å². The summed E-state index contributed by atoms with van der Waals surface area (Å²) in [6.07, 6.45) is 5.68. The Morgan fingerprint density at radius 2 is 2.29 bits per heavy atom. The summed E-state index contributed by atoms with van der Waals surface area (Å²) in [4.78, 5) is 4.20. The van der Waals surface area contributed by atoms with Crippen molar-refractivity contribution in [2.45, 2.75) is 31.9 Å². The van der Waals surface area contributed by atoms with Gasteiger partial charge in [-0.05, 0) is 37.2 Å². The highest BCUT2D eigenvalue weighted by molar-refractivity contribution is 6.30. The summed E-state index contributed by atoms with van der Waals surface area (Å²) in [7, 11) is 0. The van der Waals surface area contributed by atoms with Gasteiger partial charge in [0.15, 0.2) is 0 Å². The molecule has 0 bridgehead atoms. The molecular weight excluding hydrogens is 284 g/mol. The van der Waals surface area contributed by atoms with Crippen molar-refractivity contribution < 1.29 is 4.74 Å². The van der Waals surface area contributed by atoms with Crippen molar-refractivity contribution in [1.29, 1.82) is 0 Å². The maximum Gasteiger partial charge on any atom is 0.127 e. The van der Waals surface area contributed by atoms with E-state index in [1.54, 1.807) is 6.20 Å². The third-order valence-electron chi connectivity index (χ3n) is 3.76. The summed E-state index contributed by atoms with van der Waals surface area (Å²) in [5.74, 6) is 0.910. The van der Waals surface area contributed by atoms with E-state index < -0.39 is 0 Å². The molecule has 2 unspecified atom stereocenters. The molecule has 1 N–H and O–H groups in total.